The molecule has 5 rings (SSSR count). The largest absolute Gasteiger partial charge is 0.495 e. The number of ether oxygens (including phenoxy) is 6. The summed E-state index contributed by atoms with van der Waals surface area (Å²) < 4.78 is 51.1. The van der Waals surface area contributed by atoms with E-state index in [1.165, 1.54) is 46.2 Å². The van der Waals surface area contributed by atoms with E-state index in [4.69, 9.17) is 45.8 Å². The van der Waals surface area contributed by atoms with Crippen LogP contribution < -0.4 is 42.0 Å². The van der Waals surface area contributed by atoms with Crippen molar-refractivity contribution in [2.45, 2.75) is 166 Å². The van der Waals surface area contributed by atoms with Gasteiger partial charge in [-0.1, -0.05) is 88.0 Å². The molecule has 0 aromatic heterocycles. The first-order chi connectivity index (χ1) is 41.9. The van der Waals surface area contributed by atoms with Crippen molar-refractivity contribution < 1.29 is 81.1 Å². The Kier molecular flexibility index (Phi) is 27.3. The number of primary amides is 1. The number of benzene rings is 2. The number of urea groups is 1. The van der Waals surface area contributed by atoms with Gasteiger partial charge in [-0.05, 0) is 108 Å². The van der Waals surface area contributed by atoms with Gasteiger partial charge in [0.25, 0.3) is 5.91 Å². The van der Waals surface area contributed by atoms with E-state index >= 15 is 4.39 Å². The molecule has 2 saturated heterocycles. The van der Waals surface area contributed by atoms with Crippen molar-refractivity contribution in [2.24, 2.45) is 23.5 Å². The van der Waals surface area contributed by atoms with Crippen LogP contribution in [-0.2, 0) is 58.9 Å². The minimum Gasteiger partial charge on any atom is -0.495 e. The number of aliphatic hydroxyl groups is 1. The van der Waals surface area contributed by atoms with Crippen molar-refractivity contribution in [3.8, 4) is 5.75 Å². The fraction of sp³-hybridized carbons (Fsp3) is 0.590. The molecule has 3 aliphatic rings. The maximum Gasteiger partial charge on any atom is 0.409 e. The number of fused-ring (bicyclic) bond motifs is 5. The molecule has 492 valence electrons. The highest BCUT2D eigenvalue weighted by Crippen LogP contribution is 2.49. The fourth-order valence-corrected chi connectivity index (χ4v) is 12.3. The van der Waals surface area contributed by atoms with E-state index < -0.39 is 131 Å². The van der Waals surface area contributed by atoms with Gasteiger partial charge in [-0.25, -0.2) is 18.8 Å². The number of hydrogen-bond acceptors (Lipinski definition) is 16. The minimum absolute atomic E-state index is 0.0361. The Morgan fingerprint density at radius 1 is 0.989 bits per heavy atom. The van der Waals surface area contributed by atoms with E-state index in [2.05, 4.69) is 58.4 Å². The van der Waals surface area contributed by atoms with Crippen LogP contribution in [-0.4, -0.2) is 169 Å². The topological polar surface area (TPSA) is 325 Å². The summed E-state index contributed by atoms with van der Waals surface area (Å²) in [6.45, 7) is 11.8. The van der Waals surface area contributed by atoms with Crippen molar-refractivity contribution in [1.29, 1.82) is 0 Å². The molecule has 1 unspecified atom stereocenters. The van der Waals surface area contributed by atoms with Gasteiger partial charge in [-0.15, -0.1) is 0 Å². The molecule has 4 bridgehead atoms. The quantitative estimate of drug-likeness (QED) is 0.0175. The fourth-order valence-electron chi connectivity index (χ4n) is 10.4. The number of rotatable bonds is 25. The zero-order chi connectivity index (χ0) is 66.2. The highest BCUT2D eigenvalue weighted by atomic mass is 79.9. The summed E-state index contributed by atoms with van der Waals surface area (Å²) in [6, 6.07) is 2.06. The van der Waals surface area contributed by atoms with Crippen molar-refractivity contribution in [2.75, 3.05) is 55.7 Å². The molecule has 2 aromatic carbocycles. The van der Waals surface area contributed by atoms with Gasteiger partial charge in [0.1, 0.15) is 58.6 Å². The van der Waals surface area contributed by atoms with Gasteiger partial charge in [-0.3, -0.25) is 34.1 Å². The van der Waals surface area contributed by atoms with E-state index in [0.717, 1.165) is 28.2 Å². The number of nitrogens with zero attached hydrogens (tertiary/aromatic N) is 2. The molecule has 3 aliphatic heterocycles. The third-order valence-corrected chi connectivity index (χ3v) is 18.0. The molecule has 2 aromatic rings. The first-order valence-corrected chi connectivity index (χ1v) is 32.0. The number of unbranched alkanes of at least 4 members (excludes halogenated alkanes) is 1. The molecule has 0 radical (unpaired) electrons. The van der Waals surface area contributed by atoms with Gasteiger partial charge in [0.05, 0.1) is 42.9 Å². The van der Waals surface area contributed by atoms with Crippen LogP contribution in [0.25, 0.3) is 0 Å². The molecule has 89 heavy (non-hydrogen) atoms. The SMILES string of the molecule is COc1cc2cc(c1Cl)N(C)C(=O)C[C@H](OC(=O)[C@H](C)N(C)C(=O)c1ccc(NC(=O)[C@H](CCCNC(N)=O)NC(=O)[C@@H](NC(=O)CCCCC(C)OC(=O)C(CBr)CBr)C(C)C)cc1F)[C@]1(C)O[C@H]1[C@H](C)[C@@H]1C[C@@](O)(NC(=O)O1)[C@H](OC)/C=C/C=C(\C)C2. The van der Waals surface area contributed by atoms with Crippen molar-refractivity contribution in [1.82, 2.24) is 26.2 Å². The molecule has 2 fully saturated rings. The average Bonchev–Trinajstić information content (AvgIpc) is 1.59. The van der Waals surface area contributed by atoms with E-state index in [1.54, 1.807) is 58.9 Å². The third kappa shape index (κ3) is 19.8. The zero-order valence-electron chi connectivity index (χ0n) is 52.0. The molecule has 8 amide bonds. The van der Waals surface area contributed by atoms with Gasteiger partial charge in [0.2, 0.25) is 23.6 Å². The van der Waals surface area contributed by atoms with Gasteiger partial charge < -0.3 is 70.3 Å². The third-order valence-electron chi connectivity index (χ3n) is 16.1. The predicted octanol–water partition coefficient (Wildman–Crippen LogP) is 6.88. The maximum atomic E-state index is 16.2. The number of alkyl carbamates (subject to hydrolysis) is 1. The Hall–Kier alpha value is -6.39. The second-order valence-corrected chi connectivity index (χ2v) is 25.0. The summed E-state index contributed by atoms with van der Waals surface area (Å²) in [6.07, 6.45) is 0.978. The predicted molar refractivity (Wildman–Crippen MR) is 336 cm³/mol. The van der Waals surface area contributed by atoms with Gasteiger partial charge in [0, 0.05) is 62.9 Å². The standard InChI is InChI=1S/C61H84Br2ClFN8O16/c1-32(2)51(70-48(74)20-13-12-17-34(4)86-57(80)38(30-62)31-63)54(77)69-42(18-15-23-67-58(66)81)53(76)68-39-21-22-40(41(65)27-39)55(78)72(8)36(6)56(79)88-47-28-49(75)73(9)43-25-37(26-44(84-10)50(43)64)24-33(3)16-14-19-46(85-11)61(83)29-45(87-59(82)71-61)35(5)52-60(47,7)89-52/h14,16,19,21-22,25-27,32,34-36,38,42,45-47,51-52,83H,12-13,15,17-18,20,23-24,28-31H2,1-11H3,(H,68,76)(H,69,77)(H,70,74)(H,71,82)(H3,66,67,81)/b19-14+,33-16+/t34?,35-,36+,42+,45+,46-,47+,51+,52+,60+,61+/m1/s1. The summed E-state index contributed by atoms with van der Waals surface area (Å²) in [5.74, 6) is -7.08. The van der Waals surface area contributed by atoms with Crippen molar-refractivity contribution in [3.63, 3.8) is 0 Å². The van der Waals surface area contributed by atoms with Crippen molar-refractivity contribution >= 4 is 108 Å². The lowest BCUT2D eigenvalue weighted by molar-refractivity contribution is -0.158. The van der Waals surface area contributed by atoms with Crippen LogP contribution in [0.15, 0.2) is 54.1 Å². The lowest BCUT2D eigenvalue weighted by Crippen LogP contribution is -2.63. The monoisotopic (exact) mass is 1400 g/mol. The van der Waals surface area contributed by atoms with E-state index in [0.29, 0.717) is 36.3 Å². The molecular formula is C61H84Br2ClFN8O16. The van der Waals surface area contributed by atoms with E-state index in [1.807, 2.05) is 13.0 Å². The van der Waals surface area contributed by atoms with E-state index in [9.17, 15) is 48.3 Å². The Morgan fingerprint density at radius 2 is 1.69 bits per heavy atom. The van der Waals surface area contributed by atoms with Crippen LogP contribution in [0.3, 0.4) is 0 Å². The molecular weight excluding hydrogens is 1310 g/mol. The van der Waals surface area contributed by atoms with Crippen LogP contribution in [0, 0.1) is 23.6 Å². The van der Waals surface area contributed by atoms with Crippen LogP contribution in [0.4, 0.5) is 25.4 Å². The van der Waals surface area contributed by atoms with Crippen LogP contribution in [0.5, 0.6) is 5.75 Å². The van der Waals surface area contributed by atoms with Crippen LogP contribution in [0.2, 0.25) is 5.02 Å². The Balaban J connectivity index is 1.32. The number of carbonyl (C=O) groups excluding carboxylic acids is 9. The lowest BCUT2D eigenvalue weighted by atomic mass is 9.83. The highest BCUT2D eigenvalue weighted by Gasteiger charge is 2.64. The molecule has 3 heterocycles. The molecule has 0 aliphatic carbocycles. The number of anilines is 2. The zero-order valence-corrected chi connectivity index (χ0v) is 55.9. The van der Waals surface area contributed by atoms with E-state index in [-0.39, 0.29) is 72.4 Å². The second kappa shape index (κ2) is 33.1. The lowest BCUT2D eigenvalue weighted by Gasteiger charge is -2.42. The average molecular weight is 1400 g/mol. The smallest absolute Gasteiger partial charge is 0.409 e. The maximum absolute atomic E-state index is 16.2. The number of alkyl halides is 2. The summed E-state index contributed by atoms with van der Waals surface area (Å²) in [4.78, 5) is 123. The highest BCUT2D eigenvalue weighted by molar-refractivity contribution is 9.09. The first kappa shape index (κ1) is 73.3. The molecule has 24 nitrogen and oxygen atoms in total. The summed E-state index contributed by atoms with van der Waals surface area (Å²) >= 11 is 13.4. The number of halogens is 4. The van der Waals surface area contributed by atoms with Gasteiger partial charge >= 0.3 is 24.1 Å². The number of methoxy groups -OCH3 is 2. The summed E-state index contributed by atoms with van der Waals surface area (Å²) in [5.41, 5.74) is 3.09. The molecule has 0 saturated carbocycles. The second-order valence-electron chi connectivity index (χ2n) is 23.3. The molecule has 0 spiro atoms. The van der Waals surface area contributed by atoms with Gasteiger partial charge in [-0.2, -0.15) is 0 Å². The Bertz CT molecular complexity index is 2970. The minimum atomic E-state index is -1.94. The number of amides is 8. The first-order valence-electron chi connectivity index (χ1n) is 29.3. The van der Waals surface area contributed by atoms with Crippen LogP contribution in [0.1, 0.15) is 116 Å². The Morgan fingerprint density at radius 3 is 2.31 bits per heavy atom. The number of likely N-dealkylation sites (N-methyl/N-ethyl adjacent to an activating group) is 1. The van der Waals surface area contributed by atoms with Crippen LogP contribution >= 0.6 is 43.5 Å². The number of nitrogens with two attached hydrogens (primary N) is 1. The summed E-state index contributed by atoms with van der Waals surface area (Å²) in [5, 5.41) is 25.8. The molecule has 8 N–H and O–H groups in total. The van der Waals surface area contributed by atoms with Crippen molar-refractivity contribution in [3.05, 3.63) is 76.1 Å². The summed E-state index contributed by atoms with van der Waals surface area (Å²) in [7, 11) is 5.55. The molecule has 28 heteroatoms. The molecule has 11 atom stereocenters. The Labute approximate surface area is 540 Å². The number of epoxide rings is 1. The number of carbonyl (C=O) groups is 9. The number of nitrogens with one attached hydrogen (secondary N) is 5. The van der Waals surface area contributed by atoms with Gasteiger partial charge in [0.15, 0.2) is 5.72 Å². The number of esters is 2. The number of hydrogen-bond donors (Lipinski definition) is 7. The normalized spacial score (nSPS) is 24.2. The number of allylic oxidation sites excluding steroid dienone is 3.